The van der Waals surface area contributed by atoms with E-state index in [2.05, 4.69) is 0 Å². The Kier molecular flexibility index (Phi) is 5.41. The minimum absolute atomic E-state index is 0.0464. The number of aliphatic carboxylic acids is 1. The first-order valence-electron chi connectivity index (χ1n) is 8.11. The van der Waals surface area contributed by atoms with Crippen LogP contribution in [0.5, 0.6) is 11.5 Å². The van der Waals surface area contributed by atoms with Crippen LogP contribution in [0, 0.1) is 0 Å². The number of benzene rings is 2. The molecule has 0 aliphatic rings. The summed E-state index contributed by atoms with van der Waals surface area (Å²) in [5.41, 5.74) is 2.15. The Hall–Kier alpha value is -2.93. The summed E-state index contributed by atoms with van der Waals surface area (Å²) in [7, 11) is 1.50. The van der Waals surface area contributed by atoms with Gasteiger partial charge in [-0.05, 0) is 42.2 Å². The third-order valence-electron chi connectivity index (χ3n) is 3.95. The van der Waals surface area contributed by atoms with Gasteiger partial charge in [-0.15, -0.1) is 11.8 Å². The zero-order valence-electron chi connectivity index (χ0n) is 15.1. The van der Waals surface area contributed by atoms with Crippen molar-refractivity contribution in [2.24, 2.45) is 0 Å². The van der Waals surface area contributed by atoms with E-state index in [1.165, 1.54) is 25.8 Å². The number of carbonyl (C=O) groups is 2. The zero-order chi connectivity index (χ0) is 19.6. The molecule has 27 heavy (non-hydrogen) atoms. The second-order valence-electron chi connectivity index (χ2n) is 5.82. The lowest BCUT2D eigenvalue weighted by Gasteiger charge is -2.09. The molecule has 0 bridgehead atoms. The van der Waals surface area contributed by atoms with Gasteiger partial charge in [0.05, 0.1) is 18.4 Å². The molecule has 0 unspecified atom stereocenters. The lowest BCUT2D eigenvalue weighted by Crippen LogP contribution is -2.03. The zero-order valence-corrected chi connectivity index (χ0v) is 15.9. The highest BCUT2D eigenvalue weighted by Crippen LogP contribution is 2.42. The first kappa shape index (κ1) is 18.8. The maximum absolute atomic E-state index is 11.2. The average molecular weight is 386 g/mol. The van der Waals surface area contributed by atoms with Crippen molar-refractivity contribution in [3.05, 3.63) is 42.0 Å². The summed E-state index contributed by atoms with van der Waals surface area (Å²) in [6, 6.07) is 10.6. The van der Waals surface area contributed by atoms with Gasteiger partial charge in [-0.3, -0.25) is 9.59 Å². The van der Waals surface area contributed by atoms with Crippen LogP contribution in [-0.2, 0) is 16.0 Å². The topological polar surface area (TPSA) is 86.0 Å². The summed E-state index contributed by atoms with van der Waals surface area (Å²) in [6.07, 6.45) is 1.89. The molecule has 3 rings (SSSR count). The molecular weight excluding hydrogens is 368 g/mol. The molecular formula is C20H18O6S. The van der Waals surface area contributed by atoms with Crippen LogP contribution in [-0.4, -0.2) is 30.4 Å². The van der Waals surface area contributed by atoms with Crippen LogP contribution in [0.3, 0.4) is 0 Å². The minimum Gasteiger partial charge on any atom is -0.493 e. The Balaban J connectivity index is 2.10. The van der Waals surface area contributed by atoms with E-state index in [9.17, 15) is 9.59 Å². The van der Waals surface area contributed by atoms with Gasteiger partial charge in [0, 0.05) is 17.9 Å². The van der Waals surface area contributed by atoms with E-state index in [4.69, 9.17) is 19.0 Å². The Bertz CT molecular complexity index is 1020. The van der Waals surface area contributed by atoms with E-state index in [0.717, 1.165) is 15.8 Å². The third kappa shape index (κ3) is 3.93. The van der Waals surface area contributed by atoms with Crippen molar-refractivity contribution in [3.63, 3.8) is 0 Å². The molecule has 1 aromatic heterocycles. The van der Waals surface area contributed by atoms with Crippen molar-refractivity contribution in [1.82, 2.24) is 0 Å². The van der Waals surface area contributed by atoms with Gasteiger partial charge in [0.15, 0.2) is 11.5 Å². The highest BCUT2D eigenvalue weighted by atomic mass is 32.2. The van der Waals surface area contributed by atoms with Crippen LogP contribution >= 0.6 is 11.8 Å². The monoisotopic (exact) mass is 386 g/mol. The van der Waals surface area contributed by atoms with Gasteiger partial charge in [0.25, 0.3) is 0 Å². The highest BCUT2D eigenvalue weighted by molar-refractivity contribution is 7.99. The Morgan fingerprint density at radius 1 is 1.15 bits per heavy atom. The van der Waals surface area contributed by atoms with Crippen molar-refractivity contribution in [1.29, 1.82) is 0 Å². The standard InChI is InChI=1S/C20H18O6S/c1-11(21)25-16-7-5-13(10-17(16)24-2)19-20(27-3)14-8-12(9-18(22)23)4-6-15(14)26-19/h4-8,10H,9H2,1-3H3,(H,22,23). The molecule has 1 heterocycles. The van der Waals surface area contributed by atoms with Crippen molar-refractivity contribution >= 4 is 34.7 Å². The van der Waals surface area contributed by atoms with Crippen LogP contribution < -0.4 is 9.47 Å². The molecule has 0 radical (unpaired) electrons. The number of carboxylic acids is 1. The molecule has 6 nitrogen and oxygen atoms in total. The molecule has 0 fully saturated rings. The van der Waals surface area contributed by atoms with Gasteiger partial charge in [-0.2, -0.15) is 0 Å². The predicted molar refractivity (Wildman–Crippen MR) is 103 cm³/mol. The molecule has 0 saturated heterocycles. The maximum Gasteiger partial charge on any atom is 0.308 e. The van der Waals surface area contributed by atoms with Gasteiger partial charge in [0.2, 0.25) is 0 Å². The number of carboxylic acid groups (broad SMARTS) is 1. The first-order chi connectivity index (χ1) is 12.9. The van der Waals surface area contributed by atoms with Gasteiger partial charge in [-0.1, -0.05) is 6.07 Å². The van der Waals surface area contributed by atoms with Gasteiger partial charge in [0.1, 0.15) is 11.3 Å². The number of ether oxygens (including phenoxy) is 2. The van der Waals surface area contributed by atoms with Crippen LogP contribution in [0.15, 0.2) is 45.7 Å². The van der Waals surface area contributed by atoms with E-state index in [1.54, 1.807) is 30.3 Å². The van der Waals surface area contributed by atoms with Gasteiger partial charge in [-0.25, -0.2) is 0 Å². The molecule has 0 saturated carbocycles. The second-order valence-corrected chi connectivity index (χ2v) is 6.64. The molecule has 0 amide bonds. The minimum atomic E-state index is -0.880. The number of furan rings is 1. The maximum atomic E-state index is 11.2. The van der Waals surface area contributed by atoms with Crippen LogP contribution in [0.25, 0.3) is 22.3 Å². The summed E-state index contributed by atoms with van der Waals surface area (Å²) in [5.74, 6) is 0.0915. The van der Waals surface area contributed by atoms with Gasteiger partial charge >= 0.3 is 11.9 Å². The van der Waals surface area contributed by atoms with Crippen molar-refractivity contribution < 1.29 is 28.6 Å². The fourth-order valence-corrected chi connectivity index (χ4v) is 3.57. The molecule has 3 aromatic rings. The summed E-state index contributed by atoms with van der Waals surface area (Å²) in [6.45, 7) is 1.33. The van der Waals surface area contributed by atoms with Crippen LogP contribution in [0.2, 0.25) is 0 Å². The number of rotatable bonds is 6. The molecule has 0 aliphatic carbocycles. The normalized spacial score (nSPS) is 10.8. The largest absolute Gasteiger partial charge is 0.493 e. The molecule has 140 valence electrons. The van der Waals surface area contributed by atoms with E-state index in [-0.39, 0.29) is 6.42 Å². The lowest BCUT2D eigenvalue weighted by molar-refractivity contribution is -0.136. The lowest BCUT2D eigenvalue weighted by atomic mass is 10.1. The molecule has 2 aromatic carbocycles. The third-order valence-corrected chi connectivity index (χ3v) is 4.76. The number of carbonyl (C=O) groups excluding carboxylic acids is 1. The van der Waals surface area contributed by atoms with Crippen molar-refractivity contribution in [3.8, 4) is 22.8 Å². The summed E-state index contributed by atoms with van der Waals surface area (Å²) in [4.78, 5) is 23.1. The fourth-order valence-electron chi connectivity index (χ4n) is 2.85. The fraction of sp³-hybridized carbons (Fsp3) is 0.200. The Labute approximate surface area is 160 Å². The number of esters is 1. The predicted octanol–water partition coefficient (Wildman–Crippen LogP) is 4.38. The molecule has 0 aliphatic heterocycles. The van der Waals surface area contributed by atoms with E-state index in [0.29, 0.717) is 28.4 Å². The van der Waals surface area contributed by atoms with E-state index in [1.807, 2.05) is 12.3 Å². The van der Waals surface area contributed by atoms with E-state index >= 15 is 0 Å². The molecule has 0 atom stereocenters. The summed E-state index contributed by atoms with van der Waals surface area (Å²) < 4.78 is 16.5. The average Bonchev–Trinajstić information content (AvgIpc) is 2.98. The summed E-state index contributed by atoms with van der Waals surface area (Å²) in [5, 5.41) is 9.88. The number of hydrogen-bond donors (Lipinski definition) is 1. The molecule has 0 spiro atoms. The number of hydrogen-bond acceptors (Lipinski definition) is 6. The molecule has 7 heteroatoms. The second kappa shape index (κ2) is 7.75. The number of fused-ring (bicyclic) bond motifs is 1. The van der Waals surface area contributed by atoms with Crippen molar-refractivity contribution in [2.75, 3.05) is 13.4 Å². The van der Waals surface area contributed by atoms with E-state index < -0.39 is 11.9 Å². The smallest absolute Gasteiger partial charge is 0.308 e. The number of thioether (sulfide) groups is 1. The molecule has 1 N–H and O–H groups in total. The van der Waals surface area contributed by atoms with Crippen LogP contribution in [0.4, 0.5) is 0 Å². The van der Waals surface area contributed by atoms with Crippen molar-refractivity contribution in [2.45, 2.75) is 18.2 Å². The Morgan fingerprint density at radius 2 is 1.93 bits per heavy atom. The SMILES string of the molecule is COc1cc(-c2oc3ccc(CC(=O)O)cc3c2SC)ccc1OC(C)=O. The van der Waals surface area contributed by atoms with Crippen LogP contribution in [0.1, 0.15) is 12.5 Å². The van der Waals surface area contributed by atoms with Gasteiger partial charge < -0.3 is 19.0 Å². The quantitative estimate of drug-likeness (QED) is 0.382. The first-order valence-corrected chi connectivity index (χ1v) is 9.33. The highest BCUT2D eigenvalue weighted by Gasteiger charge is 2.18. The summed E-state index contributed by atoms with van der Waals surface area (Å²) >= 11 is 1.51. The number of methoxy groups -OCH3 is 1. The Morgan fingerprint density at radius 3 is 2.56 bits per heavy atom.